The highest BCUT2D eigenvalue weighted by Crippen LogP contribution is 2.20. The summed E-state index contributed by atoms with van der Waals surface area (Å²) in [4.78, 5) is 73.8. The second-order valence-electron chi connectivity index (χ2n) is 8.99. The van der Waals surface area contributed by atoms with Gasteiger partial charge in [-0.05, 0) is 32.1 Å². The van der Waals surface area contributed by atoms with Gasteiger partial charge in [-0.15, -0.1) is 0 Å². The van der Waals surface area contributed by atoms with Crippen LogP contribution in [0.1, 0.15) is 44.2 Å². The van der Waals surface area contributed by atoms with Gasteiger partial charge in [0.1, 0.15) is 18.1 Å². The molecule has 0 radical (unpaired) electrons. The molecular weight excluding hydrogens is 500 g/mol. The maximum atomic E-state index is 13.5. The molecule has 1 aliphatic heterocycles. The maximum Gasteiger partial charge on any atom is 0.326 e. The highest BCUT2D eigenvalue weighted by Gasteiger charge is 2.39. The first-order chi connectivity index (χ1) is 18.0. The molecule has 12 N–H and O–H groups in total. The van der Waals surface area contributed by atoms with Crippen molar-refractivity contribution in [3.8, 4) is 0 Å². The molecule has 38 heavy (non-hydrogen) atoms. The minimum absolute atomic E-state index is 0.00225. The number of primary amides is 1. The molecule has 0 bridgehead atoms. The number of H-pyrrole nitrogens is 1. The van der Waals surface area contributed by atoms with Crippen LogP contribution in [0.5, 0.6) is 0 Å². The van der Waals surface area contributed by atoms with E-state index in [1.807, 2.05) is 0 Å². The lowest BCUT2D eigenvalue weighted by Gasteiger charge is -2.30. The van der Waals surface area contributed by atoms with E-state index >= 15 is 0 Å². The zero-order chi connectivity index (χ0) is 28.2. The predicted molar refractivity (Wildman–Crippen MR) is 135 cm³/mol. The summed E-state index contributed by atoms with van der Waals surface area (Å²) >= 11 is 0. The Balaban J connectivity index is 2.12. The Morgan fingerprint density at radius 2 is 1.89 bits per heavy atom. The van der Waals surface area contributed by atoms with Gasteiger partial charge in [0.25, 0.3) is 0 Å². The molecule has 0 aliphatic carbocycles. The smallest absolute Gasteiger partial charge is 0.326 e. The van der Waals surface area contributed by atoms with Crippen LogP contribution in [0.15, 0.2) is 17.5 Å². The van der Waals surface area contributed by atoms with Crippen molar-refractivity contribution >= 4 is 35.6 Å². The third kappa shape index (κ3) is 9.34. The number of carbonyl (C=O) groups excluding carboxylic acids is 4. The van der Waals surface area contributed by atoms with E-state index in [2.05, 4.69) is 25.6 Å². The Labute approximate surface area is 219 Å². The van der Waals surface area contributed by atoms with Crippen LogP contribution < -0.4 is 33.6 Å². The maximum absolute atomic E-state index is 13.5. The minimum atomic E-state index is -1.24. The lowest BCUT2D eigenvalue weighted by Crippen LogP contribution is -2.57. The fourth-order valence-electron chi connectivity index (χ4n) is 4.06. The Morgan fingerprint density at radius 1 is 1.16 bits per heavy atom. The van der Waals surface area contributed by atoms with E-state index in [1.54, 1.807) is 0 Å². The molecule has 1 aliphatic rings. The molecule has 4 atom stereocenters. The van der Waals surface area contributed by atoms with Crippen LogP contribution in [0, 0.1) is 0 Å². The first-order valence-electron chi connectivity index (χ1n) is 12.2. The van der Waals surface area contributed by atoms with Crippen molar-refractivity contribution in [3.05, 3.63) is 18.2 Å². The van der Waals surface area contributed by atoms with Crippen LogP contribution in [0.25, 0.3) is 0 Å². The first kappa shape index (κ1) is 30.0. The summed E-state index contributed by atoms with van der Waals surface area (Å²) in [5.41, 5.74) is 22.2. The van der Waals surface area contributed by atoms with Crippen molar-refractivity contribution in [2.75, 3.05) is 13.1 Å². The van der Waals surface area contributed by atoms with E-state index in [0.717, 1.165) is 0 Å². The van der Waals surface area contributed by atoms with Gasteiger partial charge in [0, 0.05) is 37.8 Å². The van der Waals surface area contributed by atoms with Crippen molar-refractivity contribution in [2.45, 2.75) is 69.1 Å². The summed E-state index contributed by atoms with van der Waals surface area (Å²) in [7, 11) is 0. The lowest BCUT2D eigenvalue weighted by atomic mass is 10.1. The molecule has 0 saturated carbocycles. The molecule has 16 nitrogen and oxygen atoms in total. The van der Waals surface area contributed by atoms with E-state index < -0.39 is 53.8 Å². The van der Waals surface area contributed by atoms with Crippen LogP contribution >= 0.6 is 0 Å². The second kappa shape index (κ2) is 14.5. The number of aliphatic imine (C=N–C) groups is 1. The summed E-state index contributed by atoms with van der Waals surface area (Å²) in [5.74, 6) is -3.77. The molecule has 210 valence electrons. The third-order valence-corrected chi connectivity index (χ3v) is 6.03. The number of nitrogens with one attached hydrogen (secondary N) is 3. The number of aromatic nitrogens is 2. The standard InChI is InChI=1S/C22H36N10O6/c23-13(5-6-17(24)33)18(34)30-14(3-1-7-28-22(25)26)20(36)32-8-2-4-16(32)19(35)31-15(21(37)38)9-12-10-27-11-29-12/h10-11,13-16H,1-9,23H2,(H2,24,33)(H,27,29)(H,30,34)(H,31,35)(H,37,38)(H4,25,26,28). The number of nitrogens with zero attached hydrogens (tertiary/aromatic N) is 3. The highest BCUT2D eigenvalue weighted by molar-refractivity contribution is 5.94. The number of carbonyl (C=O) groups is 5. The SMILES string of the molecule is NC(=O)CCC(N)C(=O)NC(CCCN=C(N)N)C(=O)N1CCCC1C(=O)NC(Cc1cnc[nH]1)C(=O)O. The van der Waals surface area contributed by atoms with E-state index in [-0.39, 0.29) is 44.7 Å². The zero-order valence-corrected chi connectivity index (χ0v) is 21.0. The number of aliphatic carboxylic acids is 1. The van der Waals surface area contributed by atoms with Gasteiger partial charge in [-0.25, -0.2) is 9.78 Å². The van der Waals surface area contributed by atoms with Crippen molar-refractivity contribution in [3.63, 3.8) is 0 Å². The molecule has 4 unspecified atom stereocenters. The van der Waals surface area contributed by atoms with Crippen LogP contribution in [-0.4, -0.2) is 92.8 Å². The number of likely N-dealkylation sites (tertiary alicyclic amines) is 1. The summed E-state index contributed by atoms with van der Waals surface area (Å²) < 4.78 is 0. The molecule has 4 amide bonds. The molecule has 16 heteroatoms. The number of hydrogen-bond donors (Lipinski definition) is 8. The van der Waals surface area contributed by atoms with Gasteiger partial charge >= 0.3 is 5.97 Å². The molecule has 1 aromatic heterocycles. The van der Waals surface area contributed by atoms with Gasteiger partial charge < -0.3 is 48.6 Å². The van der Waals surface area contributed by atoms with Gasteiger partial charge in [-0.1, -0.05) is 0 Å². The number of hydrogen-bond acceptors (Lipinski definition) is 8. The van der Waals surface area contributed by atoms with Gasteiger partial charge in [-0.2, -0.15) is 0 Å². The lowest BCUT2D eigenvalue weighted by molar-refractivity contribution is -0.145. The molecule has 1 aromatic rings. The normalized spacial score (nSPS) is 17.2. The van der Waals surface area contributed by atoms with Crippen LogP contribution in [0.4, 0.5) is 0 Å². The molecule has 0 aromatic carbocycles. The fourth-order valence-corrected chi connectivity index (χ4v) is 4.06. The Kier molecular flexibility index (Phi) is 11.5. The number of amides is 4. The monoisotopic (exact) mass is 536 g/mol. The third-order valence-electron chi connectivity index (χ3n) is 6.03. The average molecular weight is 537 g/mol. The zero-order valence-electron chi connectivity index (χ0n) is 21.0. The summed E-state index contributed by atoms with van der Waals surface area (Å²) in [6, 6.07) is -4.29. The van der Waals surface area contributed by atoms with Crippen LogP contribution in [-0.2, 0) is 30.4 Å². The van der Waals surface area contributed by atoms with E-state index in [9.17, 15) is 29.1 Å². The van der Waals surface area contributed by atoms with Gasteiger partial charge in [0.2, 0.25) is 23.6 Å². The van der Waals surface area contributed by atoms with E-state index in [1.165, 1.54) is 17.4 Å². The van der Waals surface area contributed by atoms with Crippen molar-refractivity contribution in [2.24, 2.45) is 27.9 Å². The number of guanidine groups is 1. The van der Waals surface area contributed by atoms with Crippen LogP contribution in [0.2, 0.25) is 0 Å². The first-order valence-corrected chi connectivity index (χ1v) is 12.2. The number of aromatic amines is 1. The minimum Gasteiger partial charge on any atom is -0.480 e. The summed E-state index contributed by atoms with van der Waals surface area (Å²) in [6.45, 7) is 0.441. The van der Waals surface area contributed by atoms with E-state index in [4.69, 9.17) is 22.9 Å². The van der Waals surface area contributed by atoms with Crippen molar-refractivity contribution in [1.82, 2.24) is 25.5 Å². The van der Waals surface area contributed by atoms with Gasteiger partial charge in [-0.3, -0.25) is 24.2 Å². The Hall–Kier alpha value is -4.21. The molecule has 0 spiro atoms. The average Bonchev–Trinajstić information content (AvgIpc) is 3.55. The molecule has 2 heterocycles. The number of nitrogens with two attached hydrogens (primary N) is 4. The van der Waals surface area contributed by atoms with Gasteiger partial charge in [0.15, 0.2) is 5.96 Å². The Morgan fingerprint density at radius 3 is 2.50 bits per heavy atom. The fraction of sp³-hybridized carbons (Fsp3) is 0.591. The molecule has 2 rings (SSSR count). The highest BCUT2D eigenvalue weighted by atomic mass is 16.4. The molecule has 1 fully saturated rings. The Bertz CT molecular complexity index is 1010. The van der Waals surface area contributed by atoms with Crippen LogP contribution in [0.3, 0.4) is 0 Å². The molecule has 1 saturated heterocycles. The summed E-state index contributed by atoms with van der Waals surface area (Å²) in [5, 5.41) is 14.7. The second-order valence-corrected chi connectivity index (χ2v) is 8.99. The number of carboxylic acid groups (broad SMARTS) is 1. The van der Waals surface area contributed by atoms with Crippen molar-refractivity contribution in [1.29, 1.82) is 0 Å². The number of rotatable bonds is 15. The quantitative estimate of drug-likeness (QED) is 0.0626. The topological polar surface area (TPSA) is 278 Å². The predicted octanol–water partition coefficient (Wildman–Crippen LogP) is -3.36. The number of imidazole rings is 1. The molecular formula is C22H36N10O6. The van der Waals surface area contributed by atoms with Gasteiger partial charge in [0.05, 0.1) is 12.4 Å². The van der Waals surface area contributed by atoms with E-state index in [0.29, 0.717) is 25.0 Å². The number of carboxylic acids is 1. The summed E-state index contributed by atoms with van der Waals surface area (Å²) in [6.07, 6.45) is 4.04. The largest absolute Gasteiger partial charge is 0.480 e. The van der Waals surface area contributed by atoms with Crippen molar-refractivity contribution < 1.29 is 29.1 Å².